The number of carbonyl (C=O) groups excluding carboxylic acids is 1. The molecule has 0 saturated heterocycles. The molecule has 0 unspecified atom stereocenters. The SMILES string of the molecule is Cc1ccc(S(=O)(=O)Nc2nc(CCC(=O)NCC3CCCCC3)cs2)cc1. The number of nitrogens with zero attached hydrogens (tertiary/aromatic N) is 1. The van der Waals surface area contributed by atoms with Crippen LogP contribution < -0.4 is 10.0 Å². The van der Waals surface area contributed by atoms with Crippen LogP contribution in [0.15, 0.2) is 34.5 Å². The fraction of sp³-hybridized carbons (Fsp3) is 0.500. The molecule has 1 aliphatic rings. The molecule has 0 aliphatic heterocycles. The van der Waals surface area contributed by atoms with Gasteiger partial charge in [-0.2, -0.15) is 0 Å². The molecule has 1 aromatic heterocycles. The lowest BCUT2D eigenvalue weighted by Crippen LogP contribution is -2.30. The first-order valence-corrected chi connectivity index (χ1v) is 12.1. The van der Waals surface area contributed by atoms with Crippen LogP contribution in [0.2, 0.25) is 0 Å². The standard InChI is InChI=1S/C20H27N3O3S2/c1-15-7-10-18(11-8-15)28(25,26)23-20-22-17(14-27-20)9-12-19(24)21-13-16-5-3-2-4-6-16/h7-8,10-11,14,16H,2-6,9,12-13H2,1H3,(H,21,24)(H,22,23). The number of thiazole rings is 1. The predicted octanol–water partition coefficient (Wildman–Crippen LogP) is 3.88. The Morgan fingerprint density at radius 1 is 1.18 bits per heavy atom. The van der Waals surface area contributed by atoms with Gasteiger partial charge in [0.2, 0.25) is 5.91 Å². The van der Waals surface area contributed by atoms with Crippen LogP contribution in [0.25, 0.3) is 0 Å². The van der Waals surface area contributed by atoms with Gasteiger partial charge in [0.05, 0.1) is 10.6 Å². The van der Waals surface area contributed by atoms with Gasteiger partial charge in [0.25, 0.3) is 10.0 Å². The van der Waals surface area contributed by atoms with E-state index in [1.807, 2.05) is 6.92 Å². The van der Waals surface area contributed by atoms with Gasteiger partial charge in [-0.25, -0.2) is 13.4 Å². The lowest BCUT2D eigenvalue weighted by atomic mass is 9.89. The van der Waals surface area contributed by atoms with Crippen molar-refractivity contribution < 1.29 is 13.2 Å². The smallest absolute Gasteiger partial charge is 0.263 e. The Balaban J connectivity index is 1.47. The number of rotatable bonds is 8. The molecule has 1 aliphatic carbocycles. The monoisotopic (exact) mass is 421 g/mol. The maximum atomic E-state index is 12.4. The summed E-state index contributed by atoms with van der Waals surface area (Å²) < 4.78 is 27.3. The fourth-order valence-corrected chi connectivity index (χ4v) is 5.34. The zero-order chi connectivity index (χ0) is 20.0. The normalized spacial score (nSPS) is 15.3. The van der Waals surface area contributed by atoms with E-state index in [2.05, 4.69) is 15.0 Å². The fourth-order valence-electron chi connectivity index (χ4n) is 3.34. The minimum absolute atomic E-state index is 0.0281. The molecule has 3 rings (SSSR count). The van der Waals surface area contributed by atoms with Crippen LogP contribution in [0.3, 0.4) is 0 Å². The second-order valence-electron chi connectivity index (χ2n) is 7.37. The van der Waals surface area contributed by atoms with Gasteiger partial charge in [0, 0.05) is 18.3 Å². The van der Waals surface area contributed by atoms with Gasteiger partial charge in [0.1, 0.15) is 0 Å². The van der Waals surface area contributed by atoms with Crippen molar-refractivity contribution in [2.45, 2.75) is 56.8 Å². The first kappa shape index (κ1) is 20.8. The lowest BCUT2D eigenvalue weighted by Gasteiger charge is -2.21. The highest BCUT2D eigenvalue weighted by Crippen LogP contribution is 2.23. The van der Waals surface area contributed by atoms with Crippen molar-refractivity contribution in [2.24, 2.45) is 5.92 Å². The molecule has 1 fully saturated rings. The zero-order valence-electron chi connectivity index (χ0n) is 16.1. The molecule has 152 valence electrons. The number of carbonyl (C=O) groups is 1. The van der Waals surface area contributed by atoms with E-state index in [-0.39, 0.29) is 10.8 Å². The van der Waals surface area contributed by atoms with Gasteiger partial charge < -0.3 is 5.32 Å². The molecule has 1 heterocycles. The molecule has 8 heteroatoms. The first-order chi connectivity index (χ1) is 13.4. The molecule has 0 spiro atoms. The molecule has 0 atom stereocenters. The molecule has 0 bridgehead atoms. The van der Waals surface area contributed by atoms with Crippen LogP contribution in [0, 0.1) is 12.8 Å². The van der Waals surface area contributed by atoms with E-state index in [4.69, 9.17) is 0 Å². The Kier molecular flexibility index (Phi) is 7.07. The third-order valence-corrected chi connectivity index (χ3v) is 7.32. The van der Waals surface area contributed by atoms with E-state index in [1.54, 1.807) is 29.6 Å². The molecule has 28 heavy (non-hydrogen) atoms. The summed E-state index contributed by atoms with van der Waals surface area (Å²) in [4.78, 5) is 16.6. The molecule has 2 N–H and O–H groups in total. The van der Waals surface area contributed by atoms with Crippen LogP contribution in [0.5, 0.6) is 0 Å². The molecule has 6 nitrogen and oxygen atoms in total. The Labute approximate surface area is 170 Å². The number of hydrogen-bond acceptors (Lipinski definition) is 5. The van der Waals surface area contributed by atoms with E-state index in [9.17, 15) is 13.2 Å². The minimum Gasteiger partial charge on any atom is -0.356 e. The number of nitrogens with one attached hydrogen (secondary N) is 2. The third kappa shape index (κ3) is 6.04. The molecular formula is C20H27N3O3S2. The van der Waals surface area contributed by atoms with Crippen LogP contribution in [0.1, 0.15) is 49.8 Å². The molecule has 1 amide bonds. The Morgan fingerprint density at radius 3 is 2.61 bits per heavy atom. The summed E-state index contributed by atoms with van der Waals surface area (Å²) in [5.74, 6) is 0.639. The molecule has 0 radical (unpaired) electrons. The number of hydrogen-bond donors (Lipinski definition) is 2. The van der Waals surface area contributed by atoms with E-state index in [0.717, 1.165) is 17.8 Å². The topological polar surface area (TPSA) is 88.2 Å². The summed E-state index contributed by atoms with van der Waals surface area (Å²) in [5, 5.41) is 5.13. The van der Waals surface area contributed by atoms with Gasteiger partial charge in [-0.3, -0.25) is 9.52 Å². The highest BCUT2D eigenvalue weighted by Gasteiger charge is 2.17. The van der Waals surface area contributed by atoms with Crippen LogP contribution in [-0.2, 0) is 21.2 Å². The summed E-state index contributed by atoms with van der Waals surface area (Å²) in [6.07, 6.45) is 7.11. The molecule has 1 saturated carbocycles. The van der Waals surface area contributed by atoms with E-state index in [0.29, 0.717) is 23.9 Å². The van der Waals surface area contributed by atoms with Crippen molar-refractivity contribution in [2.75, 3.05) is 11.3 Å². The number of aromatic nitrogens is 1. The van der Waals surface area contributed by atoms with Crippen molar-refractivity contribution in [3.63, 3.8) is 0 Å². The Bertz CT molecular complexity index is 886. The highest BCUT2D eigenvalue weighted by molar-refractivity contribution is 7.93. The van der Waals surface area contributed by atoms with Crippen LogP contribution in [0.4, 0.5) is 5.13 Å². The van der Waals surface area contributed by atoms with Gasteiger partial charge >= 0.3 is 0 Å². The molecular weight excluding hydrogens is 394 g/mol. The largest absolute Gasteiger partial charge is 0.356 e. The van der Waals surface area contributed by atoms with Crippen molar-refractivity contribution >= 4 is 32.4 Å². The molecule has 2 aromatic rings. The second kappa shape index (κ2) is 9.52. The quantitative estimate of drug-likeness (QED) is 0.677. The number of amides is 1. The van der Waals surface area contributed by atoms with Gasteiger partial charge in [0.15, 0.2) is 5.13 Å². The highest BCUT2D eigenvalue weighted by atomic mass is 32.2. The average Bonchev–Trinajstić information content (AvgIpc) is 3.12. The van der Waals surface area contributed by atoms with Crippen LogP contribution in [-0.4, -0.2) is 25.9 Å². The maximum Gasteiger partial charge on any atom is 0.263 e. The van der Waals surface area contributed by atoms with E-state index in [1.165, 1.54) is 43.4 Å². The Morgan fingerprint density at radius 2 is 1.89 bits per heavy atom. The van der Waals surface area contributed by atoms with E-state index < -0.39 is 10.0 Å². The van der Waals surface area contributed by atoms with Crippen LogP contribution >= 0.6 is 11.3 Å². The first-order valence-electron chi connectivity index (χ1n) is 9.73. The number of sulfonamides is 1. The minimum atomic E-state index is -3.65. The predicted molar refractivity (Wildman–Crippen MR) is 112 cm³/mol. The Hall–Kier alpha value is -1.93. The second-order valence-corrected chi connectivity index (χ2v) is 9.91. The molecule has 1 aromatic carbocycles. The average molecular weight is 422 g/mol. The maximum absolute atomic E-state index is 12.4. The van der Waals surface area contributed by atoms with Crippen molar-refractivity contribution in [1.29, 1.82) is 0 Å². The van der Waals surface area contributed by atoms with Gasteiger partial charge in [-0.15, -0.1) is 11.3 Å². The summed E-state index contributed by atoms with van der Waals surface area (Å²) in [6, 6.07) is 6.66. The van der Waals surface area contributed by atoms with Gasteiger partial charge in [-0.1, -0.05) is 37.0 Å². The van der Waals surface area contributed by atoms with Gasteiger partial charge in [-0.05, 0) is 44.2 Å². The number of anilines is 1. The summed E-state index contributed by atoms with van der Waals surface area (Å²) in [5.41, 5.74) is 1.72. The zero-order valence-corrected chi connectivity index (χ0v) is 17.7. The van der Waals surface area contributed by atoms with Crippen molar-refractivity contribution in [3.8, 4) is 0 Å². The summed E-state index contributed by atoms with van der Waals surface area (Å²) in [7, 11) is -3.65. The van der Waals surface area contributed by atoms with Crippen molar-refractivity contribution in [1.82, 2.24) is 10.3 Å². The van der Waals surface area contributed by atoms with Crippen molar-refractivity contribution in [3.05, 3.63) is 40.9 Å². The number of benzene rings is 1. The summed E-state index contributed by atoms with van der Waals surface area (Å²) in [6.45, 7) is 2.67. The number of aryl methyl sites for hydroxylation is 2. The summed E-state index contributed by atoms with van der Waals surface area (Å²) >= 11 is 1.23. The van der Waals surface area contributed by atoms with E-state index >= 15 is 0 Å². The lowest BCUT2D eigenvalue weighted by molar-refractivity contribution is -0.121. The third-order valence-electron chi connectivity index (χ3n) is 5.03.